The average molecular weight is 282 g/mol. The molecule has 0 radical (unpaired) electrons. The number of nitrogens with zero attached hydrogens (tertiary/aromatic N) is 1. The summed E-state index contributed by atoms with van der Waals surface area (Å²) in [6.07, 6.45) is 0. The number of aromatic amines is 1. The summed E-state index contributed by atoms with van der Waals surface area (Å²) in [5.74, 6) is -1.23. The van der Waals surface area contributed by atoms with Crippen molar-refractivity contribution >= 4 is 11.9 Å². The molecule has 6 nitrogen and oxygen atoms in total. The zero-order chi connectivity index (χ0) is 15.4. The van der Waals surface area contributed by atoms with Gasteiger partial charge in [-0.2, -0.15) is 0 Å². The summed E-state index contributed by atoms with van der Waals surface area (Å²) in [5, 5.41) is 9.10. The summed E-state index contributed by atoms with van der Waals surface area (Å²) >= 11 is 0. The van der Waals surface area contributed by atoms with Crippen molar-refractivity contribution < 1.29 is 19.4 Å². The van der Waals surface area contributed by atoms with Gasteiger partial charge in [-0.05, 0) is 33.3 Å². The number of H-pyrrole nitrogens is 1. The molecule has 0 spiro atoms. The number of hydrogen-bond donors (Lipinski definition) is 2. The standard InChI is InChI=1S/C14H22N2O4/c1-8(2)16(6-7-20-5)13(17)11-9(3)12(14(18)19)15-10(11)4/h8,15H,6-7H2,1-5H3,(H,18,19). The molecule has 0 aliphatic carbocycles. The van der Waals surface area contributed by atoms with Gasteiger partial charge in [-0.15, -0.1) is 0 Å². The Hall–Kier alpha value is -1.82. The highest BCUT2D eigenvalue weighted by molar-refractivity contribution is 6.00. The number of carboxylic acid groups (broad SMARTS) is 1. The van der Waals surface area contributed by atoms with Crippen molar-refractivity contribution in [2.24, 2.45) is 0 Å². The number of aromatic carboxylic acids is 1. The number of rotatable bonds is 6. The van der Waals surface area contributed by atoms with Crippen LogP contribution in [0.5, 0.6) is 0 Å². The number of carbonyl (C=O) groups excluding carboxylic acids is 1. The SMILES string of the molecule is COCCN(C(=O)c1c(C)[nH]c(C(=O)O)c1C)C(C)C. The lowest BCUT2D eigenvalue weighted by Crippen LogP contribution is -2.39. The van der Waals surface area contributed by atoms with Gasteiger partial charge >= 0.3 is 5.97 Å². The Morgan fingerprint density at radius 1 is 1.35 bits per heavy atom. The third kappa shape index (κ3) is 3.19. The second-order valence-electron chi connectivity index (χ2n) is 5.02. The third-order valence-corrected chi connectivity index (χ3v) is 3.29. The first kappa shape index (κ1) is 16.2. The number of carbonyl (C=O) groups is 2. The number of amides is 1. The van der Waals surface area contributed by atoms with Gasteiger partial charge in [-0.3, -0.25) is 4.79 Å². The number of hydrogen-bond acceptors (Lipinski definition) is 3. The molecule has 0 bridgehead atoms. The molecule has 0 saturated heterocycles. The summed E-state index contributed by atoms with van der Waals surface area (Å²) in [6, 6.07) is 0.0135. The van der Waals surface area contributed by atoms with Crippen molar-refractivity contribution in [2.45, 2.75) is 33.7 Å². The Balaban J connectivity index is 3.15. The van der Waals surface area contributed by atoms with Crippen molar-refractivity contribution in [3.05, 3.63) is 22.5 Å². The minimum atomic E-state index is -1.06. The van der Waals surface area contributed by atoms with E-state index >= 15 is 0 Å². The predicted molar refractivity (Wildman–Crippen MR) is 75.3 cm³/mol. The van der Waals surface area contributed by atoms with Gasteiger partial charge in [0.25, 0.3) is 5.91 Å². The largest absolute Gasteiger partial charge is 0.477 e. The number of ether oxygens (including phenoxy) is 1. The average Bonchev–Trinajstić information content (AvgIpc) is 2.64. The van der Waals surface area contributed by atoms with E-state index in [4.69, 9.17) is 9.84 Å². The van der Waals surface area contributed by atoms with Crippen LogP contribution in [-0.2, 0) is 4.74 Å². The van der Waals surface area contributed by atoms with Crippen LogP contribution in [0.2, 0.25) is 0 Å². The van der Waals surface area contributed by atoms with Gasteiger partial charge < -0.3 is 19.7 Å². The van der Waals surface area contributed by atoms with Crippen LogP contribution in [-0.4, -0.2) is 53.2 Å². The van der Waals surface area contributed by atoms with E-state index < -0.39 is 5.97 Å². The van der Waals surface area contributed by atoms with E-state index in [1.807, 2.05) is 13.8 Å². The first-order valence-corrected chi connectivity index (χ1v) is 6.53. The Bertz CT molecular complexity index is 506. The first-order valence-electron chi connectivity index (χ1n) is 6.53. The van der Waals surface area contributed by atoms with Gasteiger partial charge in [-0.1, -0.05) is 0 Å². The first-order chi connectivity index (χ1) is 9.31. The van der Waals surface area contributed by atoms with E-state index in [0.717, 1.165) is 0 Å². The van der Waals surface area contributed by atoms with Crippen LogP contribution >= 0.6 is 0 Å². The second kappa shape index (κ2) is 6.56. The Labute approximate surface area is 118 Å². The van der Waals surface area contributed by atoms with Crippen molar-refractivity contribution in [1.82, 2.24) is 9.88 Å². The van der Waals surface area contributed by atoms with Crippen molar-refractivity contribution in [1.29, 1.82) is 0 Å². The van der Waals surface area contributed by atoms with Gasteiger partial charge in [0.05, 0.1) is 12.2 Å². The minimum Gasteiger partial charge on any atom is -0.477 e. The topological polar surface area (TPSA) is 82.6 Å². The van der Waals surface area contributed by atoms with Crippen molar-refractivity contribution in [2.75, 3.05) is 20.3 Å². The number of aryl methyl sites for hydroxylation is 1. The molecule has 0 unspecified atom stereocenters. The van der Waals surface area contributed by atoms with E-state index in [-0.39, 0.29) is 17.6 Å². The van der Waals surface area contributed by atoms with Gasteiger partial charge in [0, 0.05) is 25.4 Å². The molecular weight excluding hydrogens is 260 g/mol. The summed E-state index contributed by atoms with van der Waals surface area (Å²) in [6.45, 7) is 8.11. The molecule has 1 aromatic rings. The summed E-state index contributed by atoms with van der Waals surface area (Å²) in [5.41, 5.74) is 1.56. The van der Waals surface area contributed by atoms with E-state index in [1.54, 1.807) is 25.9 Å². The van der Waals surface area contributed by atoms with Crippen LogP contribution in [0, 0.1) is 13.8 Å². The van der Waals surface area contributed by atoms with Gasteiger partial charge in [0.1, 0.15) is 5.69 Å². The Morgan fingerprint density at radius 3 is 2.35 bits per heavy atom. The highest BCUT2D eigenvalue weighted by Crippen LogP contribution is 2.20. The van der Waals surface area contributed by atoms with Crippen molar-refractivity contribution in [3.63, 3.8) is 0 Å². The molecule has 0 fully saturated rings. The molecule has 20 heavy (non-hydrogen) atoms. The zero-order valence-electron chi connectivity index (χ0n) is 12.6. The molecule has 0 aliphatic heterocycles. The molecule has 0 atom stereocenters. The molecule has 6 heteroatoms. The quantitative estimate of drug-likeness (QED) is 0.834. The molecular formula is C14H22N2O4. The fourth-order valence-electron chi connectivity index (χ4n) is 2.21. The molecule has 1 rings (SSSR count). The van der Waals surface area contributed by atoms with Crippen LogP contribution in [0.4, 0.5) is 0 Å². The number of methoxy groups -OCH3 is 1. The molecule has 2 N–H and O–H groups in total. The lowest BCUT2D eigenvalue weighted by atomic mass is 10.1. The Morgan fingerprint density at radius 2 is 1.95 bits per heavy atom. The van der Waals surface area contributed by atoms with Crippen LogP contribution < -0.4 is 0 Å². The molecule has 0 aromatic carbocycles. The maximum absolute atomic E-state index is 12.6. The lowest BCUT2D eigenvalue weighted by Gasteiger charge is -2.26. The summed E-state index contributed by atoms with van der Waals surface area (Å²) in [4.78, 5) is 28.2. The van der Waals surface area contributed by atoms with Crippen molar-refractivity contribution in [3.8, 4) is 0 Å². The zero-order valence-corrected chi connectivity index (χ0v) is 12.6. The Kier molecular flexibility index (Phi) is 5.33. The summed E-state index contributed by atoms with van der Waals surface area (Å²) < 4.78 is 5.02. The maximum Gasteiger partial charge on any atom is 0.352 e. The van der Waals surface area contributed by atoms with E-state index in [1.165, 1.54) is 0 Å². The van der Waals surface area contributed by atoms with Gasteiger partial charge in [0.2, 0.25) is 0 Å². The van der Waals surface area contributed by atoms with E-state index in [9.17, 15) is 9.59 Å². The van der Waals surface area contributed by atoms with Gasteiger partial charge in [0.15, 0.2) is 0 Å². The fraction of sp³-hybridized carbons (Fsp3) is 0.571. The molecule has 1 amide bonds. The predicted octanol–water partition coefficient (Wildman–Crippen LogP) is 1.83. The van der Waals surface area contributed by atoms with Crippen LogP contribution in [0.15, 0.2) is 0 Å². The van der Waals surface area contributed by atoms with E-state index in [2.05, 4.69) is 4.98 Å². The van der Waals surface area contributed by atoms with E-state index in [0.29, 0.717) is 30.0 Å². The molecule has 1 heterocycles. The molecule has 0 aliphatic rings. The number of aromatic nitrogens is 1. The van der Waals surface area contributed by atoms with Gasteiger partial charge in [-0.25, -0.2) is 4.79 Å². The monoisotopic (exact) mass is 282 g/mol. The highest BCUT2D eigenvalue weighted by atomic mass is 16.5. The summed E-state index contributed by atoms with van der Waals surface area (Å²) in [7, 11) is 1.58. The maximum atomic E-state index is 12.6. The molecule has 112 valence electrons. The fourth-order valence-corrected chi connectivity index (χ4v) is 2.21. The third-order valence-electron chi connectivity index (χ3n) is 3.29. The lowest BCUT2D eigenvalue weighted by molar-refractivity contribution is 0.0633. The molecule has 0 saturated carbocycles. The smallest absolute Gasteiger partial charge is 0.352 e. The number of nitrogens with one attached hydrogen (secondary N) is 1. The van der Waals surface area contributed by atoms with Crippen LogP contribution in [0.3, 0.4) is 0 Å². The molecule has 1 aromatic heterocycles. The minimum absolute atomic E-state index is 0.0135. The van der Waals surface area contributed by atoms with Crippen LogP contribution in [0.1, 0.15) is 46.0 Å². The highest BCUT2D eigenvalue weighted by Gasteiger charge is 2.26. The normalized spacial score (nSPS) is 10.9. The van der Waals surface area contributed by atoms with Crippen LogP contribution in [0.25, 0.3) is 0 Å². The second-order valence-corrected chi connectivity index (χ2v) is 5.02. The number of carboxylic acids is 1.